The smallest absolute Gasteiger partial charge is 0.00682 e. The van der Waals surface area contributed by atoms with Gasteiger partial charge in [-0.15, -0.1) is 0 Å². The maximum absolute atomic E-state index is 3.55. The Hall–Kier alpha value is -0.820. The summed E-state index contributed by atoms with van der Waals surface area (Å²) in [6.07, 6.45) is 6.41. The summed E-state index contributed by atoms with van der Waals surface area (Å²) < 4.78 is 0. The molecule has 0 bridgehead atoms. The lowest BCUT2D eigenvalue weighted by molar-refractivity contribution is 0.645. The Kier molecular flexibility index (Phi) is 3.79. The molecule has 82 valence electrons. The van der Waals surface area contributed by atoms with Crippen LogP contribution in [-0.4, -0.2) is 12.6 Å². The van der Waals surface area contributed by atoms with Gasteiger partial charge >= 0.3 is 0 Å². The molecule has 1 nitrogen and oxygen atoms in total. The molecule has 1 heteroatoms. The minimum absolute atomic E-state index is 0.854. The van der Waals surface area contributed by atoms with Crippen LogP contribution in [0.25, 0.3) is 0 Å². The van der Waals surface area contributed by atoms with Gasteiger partial charge in [0.15, 0.2) is 0 Å². The zero-order chi connectivity index (χ0) is 10.5. The normalized spacial score (nSPS) is 15.5. The quantitative estimate of drug-likeness (QED) is 0.701. The lowest BCUT2D eigenvalue weighted by Gasteiger charge is -2.04. The maximum atomic E-state index is 3.55. The Morgan fingerprint density at radius 1 is 1.13 bits per heavy atom. The first kappa shape index (κ1) is 10.7. The average Bonchev–Trinajstić information content (AvgIpc) is 3.09. The summed E-state index contributed by atoms with van der Waals surface area (Å²) >= 11 is 0. The Labute approximate surface area is 92.9 Å². The van der Waals surface area contributed by atoms with E-state index in [4.69, 9.17) is 0 Å². The van der Waals surface area contributed by atoms with Gasteiger partial charge in [0.25, 0.3) is 0 Å². The molecule has 0 saturated heterocycles. The van der Waals surface area contributed by atoms with E-state index < -0.39 is 0 Å². The minimum atomic E-state index is 0.854. The molecule has 0 atom stereocenters. The van der Waals surface area contributed by atoms with Crippen molar-refractivity contribution in [2.24, 2.45) is 0 Å². The molecule has 0 unspecified atom stereocenters. The molecule has 1 aromatic rings. The summed E-state index contributed by atoms with van der Waals surface area (Å²) in [5.74, 6) is 0. The van der Waals surface area contributed by atoms with Crippen LogP contribution in [0.3, 0.4) is 0 Å². The highest BCUT2D eigenvalue weighted by Crippen LogP contribution is 2.18. The van der Waals surface area contributed by atoms with Gasteiger partial charge in [-0.3, -0.25) is 0 Å². The van der Waals surface area contributed by atoms with Crippen LogP contribution in [0, 0.1) is 0 Å². The standard InChI is InChI=1S/C14H21N/c1-2-12-5-7-13(8-6-12)4-3-11-15-14-9-10-14/h5-8,14-15H,2-4,9-11H2,1H3. The molecule has 1 fully saturated rings. The molecular weight excluding hydrogens is 182 g/mol. The lowest BCUT2D eigenvalue weighted by atomic mass is 10.1. The van der Waals surface area contributed by atoms with Crippen LogP contribution in [0.15, 0.2) is 24.3 Å². The van der Waals surface area contributed by atoms with E-state index >= 15 is 0 Å². The van der Waals surface area contributed by atoms with Crippen molar-refractivity contribution >= 4 is 0 Å². The summed E-state index contributed by atoms with van der Waals surface area (Å²) in [6.45, 7) is 3.38. The van der Waals surface area contributed by atoms with Crippen molar-refractivity contribution in [1.29, 1.82) is 0 Å². The first-order valence-electron chi connectivity index (χ1n) is 6.19. The van der Waals surface area contributed by atoms with Crippen LogP contribution < -0.4 is 5.32 Å². The van der Waals surface area contributed by atoms with Gasteiger partial charge in [-0.25, -0.2) is 0 Å². The largest absolute Gasteiger partial charge is 0.314 e. The third kappa shape index (κ3) is 3.67. The highest BCUT2D eigenvalue weighted by Gasteiger charge is 2.19. The fourth-order valence-electron chi connectivity index (χ4n) is 1.83. The fraction of sp³-hybridized carbons (Fsp3) is 0.571. The predicted octanol–water partition coefficient (Wildman–Crippen LogP) is 2.93. The van der Waals surface area contributed by atoms with E-state index in [1.807, 2.05) is 0 Å². The molecule has 0 heterocycles. The van der Waals surface area contributed by atoms with Crippen molar-refractivity contribution in [3.63, 3.8) is 0 Å². The molecular formula is C14H21N. The third-order valence-corrected chi connectivity index (χ3v) is 3.08. The van der Waals surface area contributed by atoms with Crippen molar-refractivity contribution in [3.05, 3.63) is 35.4 Å². The van der Waals surface area contributed by atoms with E-state index in [2.05, 4.69) is 36.5 Å². The number of hydrogen-bond donors (Lipinski definition) is 1. The van der Waals surface area contributed by atoms with Crippen LogP contribution in [0.5, 0.6) is 0 Å². The van der Waals surface area contributed by atoms with Gasteiger partial charge in [0.2, 0.25) is 0 Å². The Bertz CT molecular complexity index is 285. The zero-order valence-electron chi connectivity index (χ0n) is 9.63. The Balaban J connectivity index is 1.67. The van der Waals surface area contributed by atoms with Gasteiger partial charge in [-0.2, -0.15) is 0 Å². The summed E-state index contributed by atoms with van der Waals surface area (Å²) in [6, 6.07) is 9.91. The second-order valence-electron chi connectivity index (χ2n) is 4.50. The second-order valence-corrected chi connectivity index (χ2v) is 4.50. The van der Waals surface area contributed by atoms with Gasteiger partial charge in [-0.05, 0) is 49.8 Å². The molecule has 0 aliphatic heterocycles. The number of benzene rings is 1. The minimum Gasteiger partial charge on any atom is -0.314 e. The second kappa shape index (κ2) is 5.32. The van der Waals surface area contributed by atoms with Gasteiger partial charge in [-0.1, -0.05) is 31.2 Å². The molecule has 0 amide bonds. The molecule has 1 aromatic carbocycles. The Morgan fingerprint density at radius 2 is 1.80 bits per heavy atom. The number of rotatable bonds is 6. The SMILES string of the molecule is CCc1ccc(CCCNC2CC2)cc1. The van der Waals surface area contributed by atoms with Crippen LogP contribution in [0.2, 0.25) is 0 Å². The van der Waals surface area contributed by atoms with Crippen molar-refractivity contribution in [3.8, 4) is 0 Å². The van der Waals surface area contributed by atoms with Crippen molar-refractivity contribution < 1.29 is 0 Å². The topological polar surface area (TPSA) is 12.0 Å². The molecule has 1 N–H and O–H groups in total. The van der Waals surface area contributed by atoms with E-state index in [1.165, 1.54) is 43.4 Å². The van der Waals surface area contributed by atoms with Gasteiger partial charge in [0.05, 0.1) is 0 Å². The summed E-state index contributed by atoms with van der Waals surface area (Å²) in [7, 11) is 0. The van der Waals surface area contributed by atoms with Crippen molar-refractivity contribution in [1.82, 2.24) is 5.32 Å². The van der Waals surface area contributed by atoms with Crippen LogP contribution >= 0.6 is 0 Å². The summed E-state index contributed by atoms with van der Waals surface area (Å²) in [4.78, 5) is 0. The maximum Gasteiger partial charge on any atom is 0.00682 e. The molecule has 1 saturated carbocycles. The average molecular weight is 203 g/mol. The van der Waals surface area contributed by atoms with Crippen LogP contribution in [0.1, 0.15) is 37.3 Å². The molecule has 2 rings (SSSR count). The van der Waals surface area contributed by atoms with E-state index in [-0.39, 0.29) is 0 Å². The van der Waals surface area contributed by atoms with Gasteiger partial charge in [0.1, 0.15) is 0 Å². The fourth-order valence-corrected chi connectivity index (χ4v) is 1.83. The number of aryl methyl sites for hydroxylation is 2. The van der Waals surface area contributed by atoms with E-state index in [9.17, 15) is 0 Å². The summed E-state index contributed by atoms with van der Waals surface area (Å²) in [5, 5.41) is 3.55. The number of nitrogens with one attached hydrogen (secondary N) is 1. The lowest BCUT2D eigenvalue weighted by Crippen LogP contribution is -2.17. The molecule has 15 heavy (non-hydrogen) atoms. The van der Waals surface area contributed by atoms with Crippen molar-refractivity contribution in [2.45, 2.75) is 45.1 Å². The molecule has 0 radical (unpaired) electrons. The van der Waals surface area contributed by atoms with E-state index in [0.717, 1.165) is 12.5 Å². The highest BCUT2D eigenvalue weighted by atomic mass is 14.9. The summed E-state index contributed by atoms with van der Waals surface area (Å²) in [5.41, 5.74) is 2.92. The Morgan fingerprint density at radius 3 is 2.40 bits per heavy atom. The highest BCUT2D eigenvalue weighted by molar-refractivity contribution is 5.22. The van der Waals surface area contributed by atoms with Gasteiger partial charge < -0.3 is 5.32 Å². The first-order valence-corrected chi connectivity index (χ1v) is 6.19. The van der Waals surface area contributed by atoms with E-state index in [1.54, 1.807) is 0 Å². The molecule has 1 aliphatic rings. The molecule has 0 aromatic heterocycles. The molecule has 0 spiro atoms. The monoisotopic (exact) mass is 203 g/mol. The predicted molar refractivity (Wildman–Crippen MR) is 65.2 cm³/mol. The van der Waals surface area contributed by atoms with Gasteiger partial charge in [0, 0.05) is 6.04 Å². The molecule has 1 aliphatic carbocycles. The van der Waals surface area contributed by atoms with E-state index in [0.29, 0.717) is 0 Å². The van der Waals surface area contributed by atoms with Crippen LogP contribution in [-0.2, 0) is 12.8 Å². The first-order chi connectivity index (χ1) is 7.38. The van der Waals surface area contributed by atoms with Crippen molar-refractivity contribution in [2.75, 3.05) is 6.54 Å². The number of hydrogen-bond acceptors (Lipinski definition) is 1. The zero-order valence-corrected chi connectivity index (χ0v) is 9.63. The van der Waals surface area contributed by atoms with Crippen LogP contribution in [0.4, 0.5) is 0 Å². The third-order valence-electron chi connectivity index (χ3n) is 3.08.